The molecule has 0 aromatic carbocycles. The normalized spacial score (nSPS) is 34.7. The van der Waals surface area contributed by atoms with Crippen LogP contribution in [0.3, 0.4) is 0 Å². The van der Waals surface area contributed by atoms with E-state index in [0.717, 1.165) is 18.6 Å². The highest BCUT2D eigenvalue weighted by Gasteiger charge is 2.57. The zero-order valence-corrected chi connectivity index (χ0v) is 13.0. The van der Waals surface area contributed by atoms with Crippen LogP contribution in [0, 0.1) is 16.7 Å². The first-order valence-corrected chi connectivity index (χ1v) is 8.48. The van der Waals surface area contributed by atoms with E-state index in [4.69, 9.17) is 4.74 Å². The van der Waals surface area contributed by atoms with Crippen LogP contribution < -0.4 is 5.32 Å². The van der Waals surface area contributed by atoms with Gasteiger partial charge in [0, 0.05) is 24.6 Å². The summed E-state index contributed by atoms with van der Waals surface area (Å²) in [7, 11) is 0. The Bertz CT molecular complexity index is 315. The molecule has 2 heteroatoms. The smallest absolute Gasteiger partial charge is 0.0661 e. The molecular weight excluding hydrogens is 234 g/mol. The van der Waals surface area contributed by atoms with Crippen LogP contribution in [0.25, 0.3) is 0 Å². The Balaban J connectivity index is 1.57. The van der Waals surface area contributed by atoms with Crippen LogP contribution in [-0.4, -0.2) is 25.3 Å². The molecule has 110 valence electrons. The molecule has 19 heavy (non-hydrogen) atoms. The zero-order valence-electron chi connectivity index (χ0n) is 13.0. The fourth-order valence-corrected chi connectivity index (χ4v) is 4.62. The van der Waals surface area contributed by atoms with Crippen molar-refractivity contribution in [1.82, 2.24) is 5.32 Å². The third-order valence-corrected chi connectivity index (χ3v) is 6.50. The van der Waals surface area contributed by atoms with Crippen molar-refractivity contribution < 1.29 is 4.74 Å². The van der Waals surface area contributed by atoms with Gasteiger partial charge in [-0.15, -0.1) is 0 Å². The molecule has 0 aromatic heterocycles. The highest BCUT2D eigenvalue weighted by Crippen LogP contribution is 2.56. The van der Waals surface area contributed by atoms with Crippen LogP contribution in [0.4, 0.5) is 0 Å². The van der Waals surface area contributed by atoms with Crippen molar-refractivity contribution in [3.63, 3.8) is 0 Å². The lowest BCUT2D eigenvalue weighted by molar-refractivity contribution is -0.131. The van der Waals surface area contributed by atoms with Crippen LogP contribution in [0.2, 0.25) is 0 Å². The third kappa shape index (κ3) is 2.25. The second-order valence-corrected chi connectivity index (χ2v) is 7.57. The first-order valence-electron chi connectivity index (χ1n) is 8.48. The fourth-order valence-electron chi connectivity index (χ4n) is 4.62. The summed E-state index contributed by atoms with van der Waals surface area (Å²) in [6.07, 6.45) is 10.3. The minimum Gasteiger partial charge on any atom is -0.378 e. The summed E-state index contributed by atoms with van der Waals surface area (Å²) in [5.41, 5.74) is 1.14. The Kier molecular flexibility index (Phi) is 3.68. The van der Waals surface area contributed by atoms with E-state index < -0.39 is 0 Å². The molecule has 2 atom stereocenters. The Hall–Kier alpha value is -0.0800. The summed E-state index contributed by atoms with van der Waals surface area (Å²) < 4.78 is 6.00. The Morgan fingerprint density at radius 2 is 1.84 bits per heavy atom. The molecule has 2 nitrogen and oxygen atoms in total. The van der Waals surface area contributed by atoms with Crippen molar-refractivity contribution in [3.8, 4) is 0 Å². The third-order valence-electron chi connectivity index (χ3n) is 6.50. The molecule has 0 saturated heterocycles. The maximum absolute atomic E-state index is 6.00. The highest BCUT2D eigenvalue weighted by atomic mass is 16.5. The van der Waals surface area contributed by atoms with E-state index in [1.165, 1.54) is 51.5 Å². The van der Waals surface area contributed by atoms with Crippen LogP contribution in [0.5, 0.6) is 0 Å². The van der Waals surface area contributed by atoms with Gasteiger partial charge in [0.1, 0.15) is 0 Å². The van der Waals surface area contributed by atoms with Crippen molar-refractivity contribution in [2.45, 2.75) is 77.9 Å². The average Bonchev–Trinajstić information content (AvgIpc) is 2.99. The van der Waals surface area contributed by atoms with Crippen molar-refractivity contribution in [2.75, 3.05) is 13.2 Å². The van der Waals surface area contributed by atoms with Gasteiger partial charge in [-0.1, -0.05) is 26.7 Å². The highest BCUT2D eigenvalue weighted by molar-refractivity contribution is 5.11. The average molecular weight is 265 g/mol. The second kappa shape index (κ2) is 5.04. The molecule has 0 heterocycles. The van der Waals surface area contributed by atoms with Crippen LogP contribution in [0.15, 0.2) is 0 Å². The van der Waals surface area contributed by atoms with Gasteiger partial charge in [0.2, 0.25) is 0 Å². The lowest BCUT2D eigenvalue weighted by Gasteiger charge is -2.54. The molecule has 3 saturated carbocycles. The molecule has 2 unspecified atom stereocenters. The lowest BCUT2D eigenvalue weighted by Crippen LogP contribution is -2.63. The number of rotatable bonds is 6. The van der Waals surface area contributed by atoms with Gasteiger partial charge < -0.3 is 10.1 Å². The molecule has 0 aliphatic heterocycles. The van der Waals surface area contributed by atoms with Crippen LogP contribution >= 0.6 is 0 Å². The van der Waals surface area contributed by atoms with Gasteiger partial charge >= 0.3 is 0 Å². The Morgan fingerprint density at radius 1 is 1.16 bits per heavy atom. The lowest BCUT2D eigenvalue weighted by atomic mass is 9.60. The number of hydrogen-bond donors (Lipinski definition) is 1. The first kappa shape index (κ1) is 13.9. The van der Waals surface area contributed by atoms with Crippen molar-refractivity contribution >= 4 is 0 Å². The van der Waals surface area contributed by atoms with E-state index in [9.17, 15) is 0 Å². The predicted octanol–water partition coefficient (Wildman–Crippen LogP) is 3.75. The predicted molar refractivity (Wildman–Crippen MR) is 79.2 cm³/mol. The molecule has 1 N–H and O–H groups in total. The van der Waals surface area contributed by atoms with E-state index in [1.54, 1.807) is 0 Å². The molecule has 1 spiro atoms. The molecule has 0 bridgehead atoms. The Morgan fingerprint density at radius 3 is 2.37 bits per heavy atom. The summed E-state index contributed by atoms with van der Waals surface area (Å²) in [4.78, 5) is 0. The van der Waals surface area contributed by atoms with Crippen LogP contribution in [0.1, 0.15) is 65.7 Å². The molecule has 3 aliphatic rings. The van der Waals surface area contributed by atoms with Gasteiger partial charge in [-0.3, -0.25) is 0 Å². The minimum atomic E-state index is 0.503. The summed E-state index contributed by atoms with van der Waals surface area (Å²) in [6.45, 7) is 9.06. The van der Waals surface area contributed by atoms with E-state index in [-0.39, 0.29) is 0 Å². The molecule has 3 fully saturated rings. The van der Waals surface area contributed by atoms with Crippen LogP contribution in [-0.2, 0) is 4.74 Å². The largest absolute Gasteiger partial charge is 0.378 e. The topological polar surface area (TPSA) is 21.3 Å². The summed E-state index contributed by atoms with van der Waals surface area (Å²) >= 11 is 0. The van der Waals surface area contributed by atoms with Crippen molar-refractivity contribution in [1.29, 1.82) is 0 Å². The summed E-state index contributed by atoms with van der Waals surface area (Å²) in [5.74, 6) is 0.835. The SMILES string of the molecule is CCOC1CC(NCC2(C(C)C)CC2)C12CCCC2. The molecule has 0 radical (unpaired) electrons. The minimum absolute atomic E-state index is 0.503. The van der Waals surface area contributed by atoms with Gasteiger partial charge in [-0.2, -0.15) is 0 Å². The van der Waals surface area contributed by atoms with Gasteiger partial charge in [0.05, 0.1) is 6.10 Å². The van der Waals surface area contributed by atoms with Gasteiger partial charge in [-0.05, 0) is 50.4 Å². The standard InChI is InChI=1S/C17H31NO/c1-4-19-15-11-14(17(15)7-5-6-8-17)18-12-16(9-10-16)13(2)3/h13-15,18H,4-12H2,1-3H3. The second-order valence-electron chi connectivity index (χ2n) is 7.57. The Labute approximate surface area is 118 Å². The van der Waals surface area contributed by atoms with Gasteiger partial charge in [0.15, 0.2) is 0 Å². The fraction of sp³-hybridized carbons (Fsp3) is 1.00. The zero-order chi connectivity index (χ0) is 13.5. The summed E-state index contributed by atoms with van der Waals surface area (Å²) in [6, 6.07) is 0.739. The molecule has 0 aromatic rings. The van der Waals surface area contributed by atoms with Crippen molar-refractivity contribution in [2.24, 2.45) is 16.7 Å². The molecule has 0 amide bonds. The number of nitrogens with one attached hydrogen (secondary N) is 1. The monoisotopic (exact) mass is 265 g/mol. The molecule has 3 aliphatic carbocycles. The molecular formula is C17H31NO. The maximum atomic E-state index is 6.00. The maximum Gasteiger partial charge on any atom is 0.0661 e. The van der Waals surface area contributed by atoms with E-state index in [0.29, 0.717) is 16.9 Å². The first-order chi connectivity index (χ1) is 9.13. The van der Waals surface area contributed by atoms with E-state index in [1.807, 2.05) is 0 Å². The number of ether oxygens (including phenoxy) is 1. The van der Waals surface area contributed by atoms with Crippen molar-refractivity contribution in [3.05, 3.63) is 0 Å². The molecule has 3 rings (SSSR count). The summed E-state index contributed by atoms with van der Waals surface area (Å²) in [5, 5.41) is 3.94. The quantitative estimate of drug-likeness (QED) is 0.789. The van der Waals surface area contributed by atoms with E-state index in [2.05, 4.69) is 26.1 Å². The van der Waals surface area contributed by atoms with Gasteiger partial charge in [-0.25, -0.2) is 0 Å². The van der Waals surface area contributed by atoms with Gasteiger partial charge in [0.25, 0.3) is 0 Å². The van der Waals surface area contributed by atoms with E-state index >= 15 is 0 Å². The number of hydrogen-bond acceptors (Lipinski definition) is 2.